The van der Waals surface area contributed by atoms with E-state index in [9.17, 15) is 18.0 Å². The van der Waals surface area contributed by atoms with Crippen molar-refractivity contribution in [2.24, 2.45) is 17.8 Å². The van der Waals surface area contributed by atoms with Gasteiger partial charge in [-0.2, -0.15) is 13.2 Å². The number of hydrogen-bond donors (Lipinski definition) is 0. The van der Waals surface area contributed by atoms with Crippen LogP contribution < -0.4 is 5.22 Å². The van der Waals surface area contributed by atoms with Crippen LogP contribution in [0.15, 0.2) is 48.6 Å². The number of fused-ring (bicyclic) bond motifs is 8. The molecule has 59 heavy (non-hydrogen) atoms. The van der Waals surface area contributed by atoms with Crippen molar-refractivity contribution in [2.75, 3.05) is 7.11 Å². The number of hydrogen-bond acceptors (Lipinski definition) is 4. The number of carbonyl (C=O) groups is 1. The van der Waals surface area contributed by atoms with E-state index in [2.05, 4.69) is 53.6 Å². The van der Waals surface area contributed by atoms with Crippen LogP contribution >= 0.6 is 0 Å². The maximum Gasteiger partial charge on any atom is 0.433 e. The largest absolute Gasteiger partial charge is 0.469 e. The summed E-state index contributed by atoms with van der Waals surface area (Å²) in [4.78, 5) is 22.2. The van der Waals surface area contributed by atoms with Crippen molar-refractivity contribution in [3.8, 4) is 0 Å². The first kappa shape index (κ1) is 29.4. The zero-order valence-corrected chi connectivity index (χ0v) is 31.8. The van der Waals surface area contributed by atoms with E-state index in [4.69, 9.17) is 9.72 Å². The molecule has 7 heteroatoms. The molecule has 2 fully saturated rings. The SMILES string of the molecule is COC(=O)CCCC1(c2nc(C)cc(C(F)(F)F)n2)C2c3c4c5c6c3c3c(c7ccc8c9ccc%10c%11c%12c%13c(c6c6c%13c(c%119)c8c7c36)=C3C5C(C=C4)C4C=CC%10C%12C34)C21. The molecule has 0 spiro atoms. The number of carbonyl (C=O) groups excluding carboxylic acids is 1. The summed E-state index contributed by atoms with van der Waals surface area (Å²) >= 11 is 0. The van der Waals surface area contributed by atoms with Crippen molar-refractivity contribution < 1.29 is 22.7 Å². The van der Waals surface area contributed by atoms with E-state index >= 15 is 0 Å². The highest BCUT2D eigenvalue weighted by molar-refractivity contribution is 6.57. The minimum atomic E-state index is -4.62. The summed E-state index contributed by atoms with van der Waals surface area (Å²) in [6.45, 7) is 1.66. The molecule has 1 aromatic heterocycles. The van der Waals surface area contributed by atoms with E-state index in [1.807, 2.05) is 0 Å². The third-order valence-corrected chi connectivity index (χ3v) is 18.2. The Labute approximate surface area is 332 Å². The fourth-order valence-electron chi connectivity index (χ4n) is 16.9. The van der Waals surface area contributed by atoms with Crippen LogP contribution in [0.3, 0.4) is 0 Å². The van der Waals surface area contributed by atoms with Gasteiger partial charge >= 0.3 is 12.1 Å². The molecule has 0 saturated heterocycles. The molecular formula is C52H29F3N2O2. The number of ether oxygens (including phenoxy) is 1. The predicted molar refractivity (Wildman–Crippen MR) is 223 cm³/mol. The molecule has 9 unspecified atom stereocenters. The number of rotatable bonds is 5. The zero-order chi connectivity index (χ0) is 38.4. The van der Waals surface area contributed by atoms with Crippen LogP contribution in [0.2, 0.25) is 0 Å². The molecule has 0 N–H and O–H groups in total. The lowest BCUT2D eigenvalue weighted by atomic mass is 9.65. The second-order valence-electron chi connectivity index (χ2n) is 19.7. The lowest BCUT2D eigenvalue weighted by molar-refractivity contribution is -0.141. The zero-order valence-electron chi connectivity index (χ0n) is 31.8. The Kier molecular flexibility index (Phi) is 4.08. The van der Waals surface area contributed by atoms with Gasteiger partial charge in [-0.15, -0.1) is 0 Å². The van der Waals surface area contributed by atoms with Gasteiger partial charge in [-0.3, -0.25) is 4.79 Å². The van der Waals surface area contributed by atoms with Crippen molar-refractivity contribution in [1.82, 2.24) is 9.97 Å². The van der Waals surface area contributed by atoms with Gasteiger partial charge in [0.05, 0.1) is 7.11 Å². The molecule has 8 aliphatic rings. The summed E-state index contributed by atoms with van der Waals surface area (Å²) in [5, 5.41) is 24.1. The van der Waals surface area contributed by atoms with Gasteiger partial charge in [0.2, 0.25) is 0 Å². The van der Waals surface area contributed by atoms with Crippen LogP contribution in [-0.4, -0.2) is 23.0 Å². The summed E-state index contributed by atoms with van der Waals surface area (Å²) in [6, 6.07) is 10.7. The van der Waals surface area contributed by atoms with Gasteiger partial charge in [0, 0.05) is 47.1 Å². The summed E-state index contributed by atoms with van der Waals surface area (Å²) in [6.07, 6.45) is 6.67. The smallest absolute Gasteiger partial charge is 0.433 e. The van der Waals surface area contributed by atoms with Crippen molar-refractivity contribution >= 4 is 104 Å². The number of halogens is 3. The van der Waals surface area contributed by atoms with Crippen LogP contribution in [-0.2, 0) is 21.1 Å². The molecule has 0 amide bonds. The number of methoxy groups -OCH3 is 1. The fraction of sp³-hybridized carbons (Fsp3) is 0.288. The number of allylic oxidation sites excluding steroid dienone is 3. The summed E-state index contributed by atoms with van der Waals surface area (Å²) in [5.74, 6) is 2.04. The Bertz CT molecular complexity index is 3950. The van der Waals surface area contributed by atoms with E-state index in [1.165, 1.54) is 116 Å². The molecule has 9 atom stereocenters. The maximum absolute atomic E-state index is 14.7. The van der Waals surface area contributed by atoms with Crippen LogP contribution in [0.5, 0.6) is 0 Å². The lowest BCUT2D eigenvalue weighted by Gasteiger charge is -2.37. The molecule has 18 rings (SSSR count). The standard InChI is InChI=1S/C52H29F3N2O2/c1-15-14-24(52(53,54)55)57-50(56-15)51(13-3-4-25(58)59-2)48-34-22-11-9-20-18-7-5-16-17-6-8-19-21-10-12-23-33-31(21)38-29(19)27(17)36-26(16)28(18)37-30(20)32(22)39-41(34)42(35(23)49(48)51)40(33)47-45(38)43(36)44(37)46(39)47/h5-12,14,16,18,20,26,28,30,48-49H,3-4,13H2,1-2H3. The van der Waals surface area contributed by atoms with E-state index in [-0.39, 0.29) is 36.0 Å². The molecule has 4 nitrogen and oxygen atoms in total. The van der Waals surface area contributed by atoms with Crippen molar-refractivity contribution in [2.45, 2.75) is 67.4 Å². The van der Waals surface area contributed by atoms with Crippen LogP contribution in [0.1, 0.15) is 99.4 Å². The average Bonchev–Trinajstić information content (AvgIpc) is 3.83. The van der Waals surface area contributed by atoms with Gasteiger partial charge in [-0.25, -0.2) is 9.97 Å². The van der Waals surface area contributed by atoms with Crippen molar-refractivity contribution in [3.63, 3.8) is 0 Å². The normalized spacial score (nSPS) is 30.6. The van der Waals surface area contributed by atoms with Crippen LogP contribution in [0, 0.1) is 24.7 Å². The lowest BCUT2D eigenvalue weighted by Crippen LogP contribution is -2.31. The second kappa shape index (κ2) is 8.19. The minimum absolute atomic E-state index is 0.128. The fourth-order valence-corrected chi connectivity index (χ4v) is 16.9. The maximum atomic E-state index is 14.7. The summed E-state index contributed by atoms with van der Waals surface area (Å²) < 4.78 is 49.3. The van der Waals surface area contributed by atoms with E-state index in [0.29, 0.717) is 48.1 Å². The monoisotopic (exact) mass is 770 g/mol. The first-order chi connectivity index (χ1) is 28.7. The van der Waals surface area contributed by atoms with Gasteiger partial charge in [-0.1, -0.05) is 48.6 Å². The van der Waals surface area contributed by atoms with Gasteiger partial charge in [0.25, 0.3) is 0 Å². The van der Waals surface area contributed by atoms with Crippen molar-refractivity contribution in [3.05, 3.63) is 104 Å². The molecule has 8 aliphatic carbocycles. The van der Waals surface area contributed by atoms with Crippen LogP contribution in [0.25, 0.3) is 97.8 Å². The van der Waals surface area contributed by atoms with E-state index in [0.717, 1.165) is 6.07 Å². The number of esters is 1. The molecule has 2 saturated carbocycles. The predicted octanol–water partition coefficient (Wildman–Crippen LogP) is 11.3. The van der Waals surface area contributed by atoms with Gasteiger partial charge in [0.15, 0.2) is 0 Å². The highest BCUT2D eigenvalue weighted by Crippen LogP contribution is 2.81. The average molecular weight is 771 g/mol. The highest BCUT2D eigenvalue weighted by atomic mass is 19.4. The number of nitrogens with zero attached hydrogens (tertiary/aromatic N) is 2. The molecule has 10 aromatic rings. The van der Waals surface area contributed by atoms with Crippen molar-refractivity contribution in [1.29, 1.82) is 0 Å². The van der Waals surface area contributed by atoms with Gasteiger partial charge in [0.1, 0.15) is 11.5 Å². The Morgan fingerprint density at radius 2 is 1.44 bits per heavy atom. The number of alkyl halides is 3. The molecule has 1 heterocycles. The quantitative estimate of drug-likeness (QED) is 0.0994. The second-order valence-corrected chi connectivity index (χ2v) is 19.7. The Morgan fingerprint density at radius 3 is 2.29 bits per heavy atom. The van der Waals surface area contributed by atoms with E-state index < -0.39 is 17.3 Å². The van der Waals surface area contributed by atoms with E-state index in [1.54, 1.807) is 28.7 Å². The minimum Gasteiger partial charge on any atom is -0.469 e. The Morgan fingerprint density at radius 1 is 0.729 bits per heavy atom. The third-order valence-electron chi connectivity index (χ3n) is 18.2. The first-order valence-electron chi connectivity index (χ1n) is 21.4. The number of benzene rings is 5. The third kappa shape index (κ3) is 2.50. The molecule has 0 radical (unpaired) electrons. The number of aryl methyl sites for hydroxylation is 1. The first-order valence-corrected chi connectivity index (χ1v) is 21.4. The molecule has 0 aliphatic heterocycles. The summed E-state index contributed by atoms with van der Waals surface area (Å²) in [5.41, 5.74) is 8.78. The summed E-state index contributed by atoms with van der Waals surface area (Å²) in [7, 11) is 1.40. The molecule has 9 aromatic carbocycles. The Hall–Kier alpha value is -5.82. The number of aromatic nitrogens is 2. The highest BCUT2D eigenvalue weighted by Gasteiger charge is 2.72. The van der Waals surface area contributed by atoms with Gasteiger partial charge < -0.3 is 4.74 Å². The van der Waals surface area contributed by atoms with Crippen LogP contribution in [0.4, 0.5) is 13.2 Å². The molecular weight excluding hydrogens is 742 g/mol. The Balaban J connectivity index is 1.09. The molecule has 0 bridgehead atoms. The van der Waals surface area contributed by atoms with Gasteiger partial charge in [-0.05, 0) is 174 Å². The molecule has 280 valence electrons. The topological polar surface area (TPSA) is 52.1 Å².